The number of hydrogen-bond donors (Lipinski definition) is 1. The zero-order valence-electron chi connectivity index (χ0n) is 15.1. The summed E-state index contributed by atoms with van der Waals surface area (Å²) in [6.45, 7) is 0. The van der Waals surface area contributed by atoms with Crippen molar-refractivity contribution in [3.63, 3.8) is 0 Å². The van der Waals surface area contributed by atoms with Crippen molar-refractivity contribution in [1.29, 1.82) is 0 Å². The first-order valence-electron chi connectivity index (χ1n) is 9.02. The van der Waals surface area contributed by atoms with Gasteiger partial charge >= 0.3 is 0 Å². The molecular weight excluding hydrogens is 330 g/mol. The SMILES string of the molecule is CN=C(N)c1ccc(-n2c3ccccc3c3c4ccccc4ccc32)cc1. The first-order chi connectivity index (χ1) is 13.3. The van der Waals surface area contributed by atoms with Gasteiger partial charge in [-0.3, -0.25) is 4.99 Å². The molecule has 0 radical (unpaired) electrons. The molecule has 0 aliphatic rings. The third-order valence-electron chi connectivity index (χ3n) is 5.22. The second kappa shape index (κ2) is 5.99. The van der Waals surface area contributed by atoms with Gasteiger partial charge in [-0.15, -0.1) is 0 Å². The van der Waals surface area contributed by atoms with E-state index >= 15 is 0 Å². The summed E-state index contributed by atoms with van der Waals surface area (Å²) < 4.78 is 2.32. The molecule has 27 heavy (non-hydrogen) atoms. The Morgan fingerprint density at radius 1 is 0.741 bits per heavy atom. The second-order valence-electron chi connectivity index (χ2n) is 6.69. The number of fused-ring (bicyclic) bond motifs is 5. The molecule has 5 aromatic rings. The zero-order chi connectivity index (χ0) is 18.4. The summed E-state index contributed by atoms with van der Waals surface area (Å²) in [6.07, 6.45) is 0. The largest absolute Gasteiger partial charge is 0.384 e. The smallest absolute Gasteiger partial charge is 0.125 e. The van der Waals surface area contributed by atoms with Gasteiger partial charge < -0.3 is 10.3 Å². The molecule has 3 heteroatoms. The molecular formula is C24H19N3. The summed E-state index contributed by atoms with van der Waals surface area (Å²) in [5, 5.41) is 5.10. The summed E-state index contributed by atoms with van der Waals surface area (Å²) in [6, 6.07) is 29.8. The van der Waals surface area contributed by atoms with Crippen LogP contribution >= 0.6 is 0 Å². The fourth-order valence-corrected chi connectivity index (χ4v) is 3.93. The van der Waals surface area contributed by atoms with E-state index < -0.39 is 0 Å². The highest BCUT2D eigenvalue weighted by atomic mass is 15.0. The van der Waals surface area contributed by atoms with Gasteiger partial charge in [-0.1, -0.05) is 48.5 Å². The maximum Gasteiger partial charge on any atom is 0.125 e. The maximum atomic E-state index is 5.95. The van der Waals surface area contributed by atoms with Crippen LogP contribution in [0, 0.1) is 0 Å². The van der Waals surface area contributed by atoms with Crippen molar-refractivity contribution in [2.75, 3.05) is 7.05 Å². The van der Waals surface area contributed by atoms with Crippen molar-refractivity contribution in [3.05, 3.63) is 90.5 Å². The van der Waals surface area contributed by atoms with Crippen LogP contribution in [0.3, 0.4) is 0 Å². The highest BCUT2D eigenvalue weighted by Crippen LogP contribution is 2.36. The molecule has 0 amide bonds. The fraction of sp³-hybridized carbons (Fsp3) is 0.0417. The quantitative estimate of drug-likeness (QED) is 0.342. The standard InChI is InChI=1S/C24H19N3/c1-26-24(25)17-10-13-18(14-11-17)27-21-9-5-4-8-20(21)23-19-7-3-2-6-16(19)12-15-22(23)27/h2-15H,1H3,(H2,25,26). The Morgan fingerprint density at radius 3 is 2.22 bits per heavy atom. The number of amidine groups is 1. The summed E-state index contributed by atoms with van der Waals surface area (Å²) in [7, 11) is 1.71. The number of rotatable bonds is 2. The van der Waals surface area contributed by atoms with Crippen LogP contribution in [-0.2, 0) is 0 Å². The fourth-order valence-electron chi connectivity index (χ4n) is 3.93. The normalized spacial score (nSPS) is 12.3. The maximum absolute atomic E-state index is 5.95. The average molecular weight is 349 g/mol. The first kappa shape index (κ1) is 15.6. The third kappa shape index (κ3) is 2.32. The minimum absolute atomic E-state index is 0.551. The molecule has 0 atom stereocenters. The summed E-state index contributed by atoms with van der Waals surface area (Å²) >= 11 is 0. The van der Waals surface area contributed by atoms with Crippen LogP contribution in [0.1, 0.15) is 5.56 Å². The number of aromatic nitrogens is 1. The van der Waals surface area contributed by atoms with Crippen molar-refractivity contribution in [2.45, 2.75) is 0 Å². The molecule has 0 bridgehead atoms. The number of para-hydroxylation sites is 1. The van der Waals surface area contributed by atoms with E-state index in [1.165, 1.54) is 32.6 Å². The van der Waals surface area contributed by atoms with Gasteiger partial charge in [-0.25, -0.2) is 0 Å². The minimum Gasteiger partial charge on any atom is -0.384 e. The van der Waals surface area contributed by atoms with E-state index in [1.54, 1.807) is 7.05 Å². The van der Waals surface area contributed by atoms with E-state index in [2.05, 4.69) is 82.4 Å². The van der Waals surface area contributed by atoms with Crippen LogP contribution < -0.4 is 5.73 Å². The number of nitrogens with two attached hydrogens (primary N) is 1. The highest BCUT2D eigenvalue weighted by Gasteiger charge is 2.14. The van der Waals surface area contributed by atoms with Crippen LogP contribution in [-0.4, -0.2) is 17.5 Å². The van der Waals surface area contributed by atoms with E-state index in [9.17, 15) is 0 Å². The molecule has 0 saturated carbocycles. The first-order valence-corrected chi connectivity index (χ1v) is 9.02. The van der Waals surface area contributed by atoms with Crippen molar-refractivity contribution in [2.24, 2.45) is 10.7 Å². The molecule has 3 nitrogen and oxygen atoms in total. The Bertz CT molecular complexity index is 1320. The molecule has 0 aliphatic heterocycles. The van der Waals surface area contributed by atoms with E-state index in [-0.39, 0.29) is 0 Å². The van der Waals surface area contributed by atoms with Gasteiger partial charge in [0.1, 0.15) is 5.84 Å². The molecule has 0 spiro atoms. The number of benzene rings is 4. The van der Waals surface area contributed by atoms with Crippen LogP contribution in [0.2, 0.25) is 0 Å². The molecule has 4 aromatic carbocycles. The lowest BCUT2D eigenvalue weighted by molar-refractivity contribution is 1.18. The predicted octanol–water partition coefficient (Wildman–Crippen LogP) is 5.27. The Kier molecular flexibility index (Phi) is 3.47. The summed E-state index contributed by atoms with van der Waals surface area (Å²) in [5.74, 6) is 0.551. The van der Waals surface area contributed by atoms with E-state index in [1.807, 2.05) is 12.1 Å². The topological polar surface area (TPSA) is 43.3 Å². The molecule has 130 valence electrons. The lowest BCUT2D eigenvalue weighted by Crippen LogP contribution is -2.12. The van der Waals surface area contributed by atoms with Gasteiger partial charge in [0.2, 0.25) is 0 Å². The second-order valence-corrected chi connectivity index (χ2v) is 6.69. The third-order valence-corrected chi connectivity index (χ3v) is 5.22. The predicted molar refractivity (Wildman–Crippen MR) is 115 cm³/mol. The van der Waals surface area contributed by atoms with Crippen LogP contribution in [0.15, 0.2) is 89.9 Å². The van der Waals surface area contributed by atoms with E-state index in [0.29, 0.717) is 5.84 Å². The molecule has 5 rings (SSSR count). The Hall–Kier alpha value is -3.59. The van der Waals surface area contributed by atoms with Crippen molar-refractivity contribution >= 4 is 38.4 Å². The monoisotopic (exact) mass is 349 g/mol. The van der Waals surface area contributed by atoms with Crippen LogP contribution in [0.5, 0.6) is 0 Å². The van der Waals surface area contributed by atoms with Gasteiger partial charge in [0.15, 0.2) is 0 Å². The Balaban J connectivity index is 1.87. The van der Waals surface area contributed by atoms with Crippen LogP contribution in [0.25, 0.3) is 38.3 Å². The summed E-state index contributed by atoms with van der Waals surface area (Å²) in [5.41, 5.74) is 10.4. The zero-order valence-corrected chi connectivity index (χ0v) is 15.1. The minimum atomic E-state index is 0.551. The highest BCUT2D eigenvalue weighted by molar-refractivity contribution is 6.21. The Labute approximate surface area is 157 Å². The lowest BCUT2D eigenvalue weighted by atomic mass is 10.0. The molecule has 2 N–H and O–H groups in total. The van der Waals surface area contributed by atoms with Gasteiger partial charge in [-0.2, -0.15) is 0 Å². The molecule has 0 aliphatic carbocycles. The van der Waals surface area contributed by atoms with Crippen molar-refractivity contribution < 1.29 is 0 Å². The number of hydrogen-bond acceptors (Lipinski definition) is 1. The lowest BCUT2D eigenvalue weighted by Gasteiger charge is -2.09. The van der Waals surface area contributed by atoms with Gasteiger partial charge in [-0.05, 0) is 47.2 Å². The molecule has 0 saturated heterocycles. The van der Waals surface area contributed by atoms with Gasteiger partial charge in [0.25, 0.3) is 0 Å². The van der Waals surface area contributed by atoms with Crippen LogP contribution in [0.4, 0.5) is 0 Å². The number of nitrogens with zero attached hydrogens (tertiary/aromatic N) is 2. The Morgan fingerprint density at radius 2 is 1.44 bits per heavy atom. The molecule has 0 unspecified atom stereocenters. The average Bonchev–Trinajstić information content (AvgIpc) is 3.08. The van der Waals surface area contributed by atoms with E-state index in [0.717, 1.165) is 11.3 Å². The van der Waals surface area contributed by atoms with Gasteiger partial charge in [0.05, 0.1) is 11.0 Å². The van der Waals surface area contributed by atoms with Crippen molar-refractivity contribution in [3.8, 4) is 5.69 Å². The van der Waals surface area contributed by atoms with E-state index in [4.69, 9.17) is 5.73 Å². The van der Waals surface area contributed by atoms with Crippen molar-refractivity contribution in [1.82, 2.24) is 4.57 Å². The molecule has 0 fully saturated rings. The number of aliphatic imine (C=N–C) groups is 1. The summed E-state index contributed by atoms with van der Waals surface area (Å²) in [4.78, 5) is 4.07. The molecule has 1 aromatic heterocycles. The molecule has 1 heterocycles. The van der Waals surface area contributed by atoms with Gasteiger partial charge in [0, 0.05) is 29.1 Å².